The summed E-state index contributed by atoms with van der Waals surface area (Å²) in [7, 11) is 1.77. The second kappa shape index (κ2) is 16.8. The summed E-state index contributed by atoms with van der Waals surface area (Å²) in [6.07, 6.45) is 1.79. The van der Waals surface area contributed by atoms with Crippen LogP contribution in [0.25, 0.3) is 22.3 Å². The number of benzene rings is 2. The van der Waals surface area contributed by atoms with Gasteiger partial charge in [0.1, 0.15) is 18.2 Å². The monoisotopic (exact) mass is 864 g/mol. The molecule has 0 saturated carbocycles. The molecular formula is C44H46F2N10O7. The predicted octanol–water partition coefficient (Wildman–Crippen LogP) is 3.69. The van der Waals surface area contributed by atoms with E-state index in [-0.39, 0.29) is 80.8 Å². The second-order valence-corrected chi connectivity index (χ2v) is 16.6. The summed E-state index contributed by atoms with van der Waals surface area (Å²) >= 11 is 0. The zero-order valence-electron chi connectivity index (χ0n) is 35.0. The number of pyridine rings is 1. The van der Waals surface area contributed by atoms with Gasteiger partial charge in [-0.05, 0) is 68.7 Å². The van der Waals surface area contributed by atoms with Gasteiger partial charge in [-0.1, -0.05) is 6.07 Å². The Hall–Kier alpha value is -6.76. The van der Waals surface area contributed by atoms with Crippen LogP contribution < -0.4 is 20.3 Å². The Kier molecular flexibility index (Phi) is 11.1. The van der Waals surface area contributed by atoms with E-state index in [0.29, 0.717) is 72.5 Å². The average Bonchev–Trinajstić information content (AvgIpc) is 3.97. The number of ether oxygens (including phenoxy) is 2. The molecule has 3 atom stereocenters. The Morgan fingerprint density at radius 2 is 1.75 bits per heavy atom. The first kappa shape index (κ1) is 41.6. The number of piperidine rings is 1. The number of nitrogens with zero attached hydrogens (tertiary/aromatic N) is 8. The number of amides is 5. The largest absolute Gasteiger partial charge is 0.475 e. The zero-order chi connectivity index (χ0) is 44.1. The van der Waals surface area contributed by atoms with Crippen molar-refractivity contribution in [1.82, 2.24) is 39.4 Å². The summed E-state index contributed by atoms with van der Waals surface area (Å²) in [5, 5.41) is 9.49. The van der Waals surface area contributed by atoms with Gasteiger partial charge < -0.3 is 28.7 Å². The molecule has 2 aromatic carbocycles. The Balaban J connectivity index is 0.867. The van der Waals surface area contributed by atoms with Gasteiger partial charge in [0.15, 0.2) is 0 Å². The van der Waals surface area contributed by atoms with Crippen LogP contribution in [-0.4, -0.2) is 116 Å². The number of hydrogen-bond donors (Lipinski definition) is 2. The Morgan fingerprint density at radius 1 is 0.937 bits per heavy atom. The number of nitrogens with one attached hydrogen (secondary N) is 2. The van der Waals surface area contributed by atoms with E-state index >= 15 is 8.78 Å². The molecule has 2 N–H and O–H groups in total. The van der Waals surface area contributed by atoms with E-state index in [1.807, 2.05) is 36.6 Å². The van der Waals surface area contributed by atoms with Crippen LogP contribution in [-0.2, 0) is 44.1 Å². The zero-order valence-corrected chi connectivity index (χ0v) is 35.0. The fourth-order valence-corrected chi connectivity index (χ4v) is 8.92. The Morgan fingerprint density at radius 3 is 2.52 bits per heavy atom. The van der Waals surface area contributed by atoms with Gasteiger partial charge in [-0.3, -0.25) is 39.6 Å². The number of halogens is 2. The van der Waals surface area contributed by atoms with Gasteiger partial charge in [0.25, 0.3) is 5.91 Å². The van der Waals surface area contributed by atoms with Crippen molar-refractivity contribution in [3.05, 3.63) is 82.7 Å². The third-order valence-electron chi connectivity index (χ3n) is 12.1. The third-order valence-corrected chi connectivity index (χ3v) is 12.1. The third kappa shape index (κ3) is 8.31. The van der Waals surface area contributed by atoms with E-state index in [9.17, 15) is 24.0 Å². The van der Waals surface area contributed by atoms with E-state index in [1.165, 1.54) is 12.1 Å². The van der Waals surface area contributed by atoms with Crippen molar-refractivity contribution >= 4 is 52.2 Å². The lowest BCUT2D eigenvalue weighted by Crippen LogP contribution is -2.53. The minimum Gasteiger partial charge on any atom is -0.475 e. The topological polar surface area (TPSA) is 186 Å². The molecule has 0 aliphatic carbocycles. The number of imide groups is 1. The molecule has 0 unspecified atom stereocenters. The fourth-order valence-electron chi connectivity index (χ4n) is 8.92. The second-order valence-electron chi connectivity index (χ2n) is 16.6. The number of imidazole rings is 1. The van der Waals surface area contributed by atoms with E-state index in [0.717, 1.165) is 11.1 Å². The first-order chi connectivity index (χ1) is 30.3. The van der Waals surface area contributed by atoms with Crippen molar-refractivity contribution in [2.45, 2.75) is 58.2 Å². The number of rotatable bonds is 5. The van der Waals surface area contributed by atoms with Crippen LogP contribution in [0.15, 0.2) is 48.7 Å². The highest BCUT2D eigenvalue weighted by atomic mass is 19.1. The molecule has 63 heavy (non-hydrogen) atoms. The Labute approximate surface area is 360 Å². The highest BCUT2D eigenvalue weighted by molar-refractivity contribution is 6.05. The maximum absolute atomic E-state index is 15.3. The molecule has 17 nitrogen and oxygen atoms in total. The molecule has 3 aromatic heterocycles. The van der Waals surface area contributed by atoms with Gasteiger partial charge in [-0.2, -0.15) is 5.10 Å². The maximum atomic E-state index is 15.3. The van der Waals surface area contributed by atoms with Crippen LogP contribution in [0.4, 0.5) is 20.4 Å². The number of carbonyl (C=O) groups excluding carboxylic acids is 5. The SMILES string of the molecule is Cc1cc2cc(n1)-c1cnn(C)c1OCCO[C@@H](C)Cn1c(nc3ccc(CN4CCN(C(=O)[C@@H]5CCN(c6cc(F)c([C@H]7CCC(=O)NC7=O)c(F)c6)C5)CC4=O)cc31)NC2=O. The van der Waals surface area contributed by atoms with Crippen molar-refractivity contribution in [3.63, 3.8) is 0 Å². The fraction of sp³-hybridized carbons (Fsp3) is 0.409. The lowest BCUT2D eigenvalue weighted by molar-refractivity contribution is -0.147. The normalized spacial score (nSPS) is 21.0. The number of aromatic nitrogens is 5. The molecule has 4 aliphatic heterocycles. The highest BCUT2D eigenvalue weighted by Gasteiger charge is 2.37. The highest BCUT2D eigenvalue weighted by Crippen LogP contribution is 2.35. The van der Waals surface area contributed by atoms with Crippen molar-refractivity contribution in [3.8, 4) is 17.1 Å². The van der Waals surface area contributed by atoms with E-state index in [1.54, 1.807) is 44.8 Å². The number of fused-ring (bicyclic) bond motifs is 7. The molecule has 328 valence electrons. The number of carbonyl (C=O) groups is 5. The molecule has 7 heterocycles. The number of aryl methyl sites for hydroxylation is 2. The maximum Gasteiger partial charge on any atom is 0.258 e. The number of anilines is 2. The van der Waals surface area contributed by atoms with Gasteiger partial charge in [-0.25, -0.2) is 18.4 Å². The van der Waals surface area contributed by atoms with Crippen molar-refractivity contribution in [1.29, 1.82) is 0 Å². The minimum atomic E-state index is -1.10. The molecule has 19 heteroatoms. The molecule has 0 radical (unpaired) electrons. The van der Waals surface area contributed by atoms with Crippen LogP contribution in [0, 0.1) is 24.5 Å². The molecule has 4 aliphatic rings. The molecular weight excluding hydrogens is 819 g/mol. The Bertz CT molecular complexity index is 2660. The summed E-state index contributed by atoms with van der Waals surface area (Å²) in [6.45, 7) is 6.02. The predicted molar refractivity (Wildman–Crippen MR) is 224 cm³/mol. The van der Waals surface area contributed by atoms with Crippen LogP contribution in [0.1, 0.15) is 59.3 Å². The number of hydrogen-bond acceptors (Lipinski definition) is 11. The molecule has 9 rings (SSSR count). The van der Waals surface area contributed by atoms with Gasteiger partial charge in [0.05, 0.1) is 66.1 Å². The smallest absolute Gasteiger partial charge is 0.258 e. The van der Waals surface area contributed by atoms with Crippen LogP contribution in [0.5, 0.6) is 5.88 Å². The first-order valence-corrected chi connectivity index (χ1v) is 21.0. The molecule has 2 bridgehead atoms. The quantitative estimate of drug-likeness (QED) is 0.246. The van der Waals surface area contributed by atoms with Crippen molar-refractivity contribution in [2.24, 2.45) is 13.0 Å². The standard InChI is InChI=1S/C44H46F2N10O7/c1-24-14-28-16-35(48-24)31-19-47-52(3)43(31)63-13-12-62-25(2)20-56-36-15-26(4-6-34(36)49-44(56)51-40(28)59)21-54-10-11-55(23-38(54)58)42(61)27-8-9-53(22-27)29-17-32(45)39(33(46)18-29)30-5-7-37(57)50-41(30)60/h4,6,14-19,25,27,30H,5,7-13,20-23H2,1-3H3,(H,49,51,59)(H,50,57,60)/t25-,27+,30+/m0/s1. The van der Waals surface area contributed by atoms with Crippen LogP contribution >= 0.6 is 0 Å². The molecule has 0 spiro atoms. The van der Waals surface area contributed by atoms with Crippen molar-refractivity contribution < 1.29 is 42.2 Å². The van der Waals surface area contributed by atoms with Gasteiger partial charge >= 0.3 is 0 Å². The molecule has 3 saturated heterocycles. The minimum absolute atomic E-state index is 0.00800. The average molecular weight is 865 g/mol. The van der Waals surface area contributed by atoms with Gasteiger partial charge in [0, 0.05) is 68.7 Å². The van der Waals surface area contributed by atoms with E-state index in [4.69, 9.17) is 14.5 Å². The first-order valence-electron chi connectivity index (χ1n) is 21.0. The summed E-state index contributed by atoms with van der Waals surface area (Å²) in [4.78, 5) is 79.4. The van der Waals surface area contributed by atoms with E-state index < -0.39 is 35.3 Å². The van der Waals surface area contributed by atoms with E-state index in [2.05, 4.69) is 20.7 Å². The van der Waals surface area contributed by atoms with Crippen LogP contribution in [0.3, 0.4) is 0 Å². The van der Waals surface area contributed by atoms with Crippen LogP contribution in [0.2, 0.25) is 0 Å². The molecule has 3 fully saturated rings. The lowest BCUT2D eigenvalue weighted by Gasteiger charge is -2.35. The lowest BCUT2D eigenvalue weighted by atomic mass is 9.89. The summed E-state index contributed by atoms with van der Waals surface area (Å²) in [5.74, 6) is -4.50. The molecule has 5 amide bonds. The van der Waals surface area contributed by atoms with Gasteiger partial charge in [0.2, 0.25) is 35.5 Å². The van der Waals surface area contributed by atoms with Crippen molar-refractivity contribution in [2.75, 3.05) is 56.2 Å². The summed E-state index contributed by atoms with van der Waals surface area (Å²) in [6, 6.07) is 11.4. The summed E-state index contributed by atoms with van der Waals surface area (Å²) < 4.78 is 46.3. The summed E-state index contributed by atoms with van der Waals surface area (Å²) in [5.41, 5.74) is 4.30. The number of piperazine rings is 1. The molecule has 5 aromatic rings. The van der Waals surface area contributed by atoms with Gasteiger partial charge in [-0.15, -0.1) is 0 Å².